The highest BCUT2D eigenvalue weighted by Crippen LogP contribution is 2.22. The molecule has 1 amide bonds. The molecule has 5 heteroatoms. The zero-order valence-corrected chi connectivity index (χ0v) is 14.7. The first-order valence-corrected chi connectivity index (χ1v) is 8.02. The summed E-state index contributed by atoms with van der Waals surface area (Å²) in [6.07, 6.45) is 4.75. The quantitative estimate of drug-likeness (QED) is 0.560. The summed E-state index contributed by atoms with van der Waals surface area (Å²) < 4.78 is 1.90. The van der Waals surface area contributed by atoms with Crippen molar-refractivity contribution in [3.8, 4) is 11.8 Å². The summed E-state index contributed by atoms with van der Waals surface area (Å²) in [5.41, 5.74) is 4.09. The molecule has 4 nitrogen and oxygen atoms in total. The molecule has 0 unspecified atom stereocenters. The van der Waals surface area contributed by atoms with Crippen molar-refractivity contribution >= 4 is 34.2 Å². The number of anilines is 1. The van der Waals surface area contributed by atoms with Gasteiger partial charge >= 0.3 is 0 Å². The summed E-state index contributed by atoms with van der Waals surface area (Å²) in [4.78, 5) is 15.9. The summed E-state index contributed by atoms with van der Waals surface area (Å²) in [7, 11) is 1.91. The van der Waals surface area contributed by atoms with E-state index in [-0.39, 0.29) is 5.91 Å². The first kappa shape index (κ1) is 16.8. The standard InChI is InChI=1S/C20H16ClN3O/c1-4-19(25)23-16-10-17-15(12-24(3)20(17)22-11-16)8-7-14-6-5-13(2)18(21)9-14/h4-6,9-12H,1H2,2-3H3,(H,23,25). The van der Waals surface area contributed by atoms with E-state index in [4.69, 9.17) is 11.6 Å². The van der Waals surface area contributed by atoms with Crippen LogP contribution in [0, 0.1) is 18.8 Å². The first-order chi connectivity index (χ1) is 12.0. The second-order valence-electron chi connectivity index (χ2n) is 5.66. The van der Waals surface area contributed by atoms with Gasteiger partial charge in [-0.3, -0.25) is 4.79 Å². The van der Waals surface area contributed by atoms with Crippen LogP contribution >= 0.6 is 11.6 Å². The number of hydrogen-bond donors (Lipinski definition) is 1. The third-order valence-corrected chi connectivity index (χ3v) is 4.19. The van der Waals surface area contributed by atoms with E-state index < -0.39 is 0 Å². The second kappa shape index (κ2) is 6.84. The lowest BCUT2D eigenvalue weighted by Crippen LogP contribution is -2.07. The SMILES string of the molecule is C=CC(=O)Nc1cnc2c(c1)c(C#Cc1ccc(C)c(Cl)c1)cn2C. The molecule has 1 aromatic carbocycles. The number of fused-ring (bicyclic) bond motifs is 1. The van der Waals surface area contributed by atoms with Crippen molar-refractivity contribution in [2.24, 2.45) is 7.05 Å². The van der Waals surface area contributed by atoms with Gasteiger partial charge in [-0.15, -0.1) is 0 Å². The van der Waals surface area contributed by atoms with E-state index >= 15 is 0 Å². The van der Waals surface area contributed by atoms with Gasteiger partial charge in [-0.2, -0.15) is 0 Å². The molecular weight excluding hydrogens is 334 g/mol. The Kier molecular flexibility index (Phi) is 4.60. The zero-order valence-electron chi connectivity index (χ0n) is 13.9. The van der Waals surface area contributed by atoms with Crippen LogP contribution in [0.2, 0.25) is 5.02 Å². The van der Waals surface area contributed by atoms with Gasteiger partial charge < -0.3 is 9.88 Å². The van der Waals surface area contributed by atoms with Crippen molar-refractivity contribution in [1.82, 2.24) is 9.55 Å². The summed E-state index contributed by atoms with van der Waals surface area (Å²) in [5, 5.41) is 4.28. The van der Waals surface area contributed by atoms with Gasteiger partial charge in [0, 0.05) is 29.2 Å². The lowest BCUT2D eigenvalue weighted by molar-refractivity contribution is -0.111. The third kappa shape index (κ3) is 3.57. The van der Waals surface area contributed by atoms with Gasteiger partial charge in [0.15, 0.2) is 0 Å². The average molecular weight is 350 g/mol. The fourth-order valence-corrected chi connectivity index (χ4v) is 2.61. The topological polar surface area (TPSA) is 46.9 Å². The van der Waals surface area contributed by atoms with Crippen LogP contribution in [0.25, 0.3) is 11.0 Å². The number of carbonyl (C=O) groups is 1. The molecule has 0 fully saturated rings. The minimum Gasteiger partial charge on any atom is -0.334 e. The number of nitrogens with zero attached hydrogens (tertiary/aromatic N) is 2. The van der Waals surface area contributed by atoms with E-state index in [1.54, 1.807) is 6.20 Å². The summed E-state index contributed by atoms with van der Waals surface area (Å²) in [6.45, 7) is 5.40. The highest BCUT2D eigenvalue weighted by molar-refractivity contribution is 6.31. The van der Waals surface area contributed by atoms with Crippen LogP contribution in [0.4, 0.5) is 5.69 Å². The molecule has 1 N–H and O–H groups in total. The smallest absolute Gasteiger partial charge is 0.247 e. The Morgan fingerprint density at radius 3 is 2.88 bits per heavy atom. The van der Waals surface area contributed by atoms with E-state index in [0.29, 0.717) is 10.7 Å². The molecular formula is C20H16ClN3O. The van der Waals surface area contributed by atoms with Crippen molar-refractivity contribution in [3.63, 3.8) is 0 Å². The summed E-state index contributed by atoms with van der Waals surface area (Å²) in [5.74, 6) is 6.01. The Hall–Kier alpha value is -3.03. The monoisotopic (exact) mass is 349 g/mol. The van der Waals surface area contributed by atoms with Crippen LogP contribution in [0.3, 0.4) is 0 Å². The van der Waals surface area contributed by atoms with E-state index in [1.165, 1.54) is 6.08 Å². The molecule has 124 valence electrons. The van der Waals surface area contributed by atoms with Gasteiger partial charge in [-0.1, -0.05) is 36.1 Å². The van der Waals surface area contributed by atoms with Crippen molar-refractivity contribution in [3.05, 3.63) is 71.0 Å². The van der Waals surface area contributed by atoms with Crippen LogP contribution in [0.5, 0.6) is 0 Å². The molecule has 2 heterocycles. The number of amides is 1. The predicted octanol–water partition coefficient (Wildman–Crippen LogP) is 4.06. The number of hydrogen-bond acceptors (Lipinski definition) is 2. The highest BCUT2D eigenvalue weighted by atomic mass is 35.5. The van der Waals surface area contributed by atoms with Gasteiger partial charge in [-0.25, -0.2) is 4.98 Å². The molecule has 3 rings (SSSR count). The highest BCUT2D eigenvalue weighted by Gasteiger charge is 2.08. The maximum absolute atomic E-state index is 11.5. The van der Waals surface area contributed by atoms with Crippen LogP contribution in [0.1, 0.15) is 16.7 Å². The summed E-state index contributed by atoms with van der Waals surface area (Å²) >= 11 is 6.15. The van der Waals surface area contributed by atoms with Crippen molar-refractivity contribution in [2.45, 2.75) is 6.92 Å². The fraction of sp³-hybridized carbons (Fsp3) is 0.100. The first-order valence-electron chi connectivity index (χ1n) is 7.64. The molecule has 0 aliphatic rings. The van der Waals surface area contributed by atoms with Gasteiger partial charge in [0.1, 0.15) is 5.65 Å². The number of aromatic nitrogens is 2. The Labute approximate surface area is 151 Å². The number of rotatable bonds is 2. The fourth-order valence-electron chi connectivity index (χ4n) is 2.43. The molecule has 0 atom stereocenters. The second-order valence-corrected chi connectivity index (χ2v) is 6.06. The Morgan fingerprint density at radius 1 is 1.36 bits per heavy atom. The molecule has 0 saturated carbocycles. The molecule has 25 heavy (non-hydrogen) atoms. The number of benzene rings is 1. The molecule has 3 aromatic rings. The van der Waals surface area contributed by atoms with Crippen LogP contribution in [-0.2, 0) is 11.8 Å². The number of nitrogens with one attached hydrogen (secondary N) is 1. The summed E-state index contributed by atoms with van der Waals surface area (Å²) in [6, 6.07) is 7.59. The molecule has 0 saturated heterocycles. The number of halogens is 1. The van der Waals surface area contributed by atoms with E-state index in [9.17, 15) is 4.79 Å². The van der Waals surface area contributed by atoms with Crippen molar-refractivity contribution in [2.75, 3.05) is 5.32 Å². The molecule has 0 aliphatic heterocycles. The maximum atomic E-state index is 11.5. The lowest BCUT2D eigenvalue weighted by atomic mass is 10.1. The van der Waals surface area contributed by atoms with Crippen LogP contribution in [-0.4, -0.2) is 15.5 Å². The Balaban J connectivity index is 2.02. The number of carbonyl (C=O) groups excluding carboxylic acids is 1. The van der Waals surface area contributed by atoms with E-state index in [1.807, 2.05) is 49.0 Å². The number of aryl methyl sites for hydroxylation is 2. The molecule has 0 bridgehead atoms. The minimum absolute atomic E-state index is 0.279. The van der Waals surface area contributed by atoms with Crippen molar-refractivity contribution in [1.29, 1.82) is 0 Å². The van der Waals surface area contributed by atoms with Crippen LogP contribution in [0.15, 0.2) is 49.3 Å². The van der Waals surface area contributed by atoms with Crippen LogP contribution < -0.4 is 5.32 Å². The molecule has 0 radical (unpaired) electrons. The Morgan fingerprint density at radius 2 is 2.16 bits per heavy atom. The van der Waals surface area contributed by atoms with Gasteiger partial charge in [0.05, 0.1) is 17.4 Å². The normalized spacial score (nSPS) is 10.2. The maximum Gasteiger partial charge on any atom is 0.247 e. The van der Waals surface area contributed by atoms with Gasteiger partial charge in [-0.05, 0) is 36.8 Å². The average Bonchev–Trinajstić information content (AvgIpc) is 2.91. The molecule has 0 aliphatic carbocycles. The van der Waals surface area contributed by atoms with E-state index in [2.05, 4.69) is 28.7 Å². The van der Waals surface area contributed by atoms with E-state index in [0.717, 1.165) is 27.7 Å². The number of pyridine rings is 1. The Bertz CT molecular complexity index is 1050. The van der Waals surface area contributed by atoms with Gasteiger partial charge in [0.2, 0.25) is 5.91 Å². The zero-order chi connectivity index (χ0) is 18.0. The van der Waals surface area contributed by atoms with Crippen molar-refractivity contribution < 1.29 is 4.79 Å². The lowest BCUT2D eigenvalue weighted by Gasteiger charge is -2.02. The molecule has 0 spiro atoms. The predicted molar refractivity (Wildman–Crippen MR) is 102 cm³/mol. The largest absolute Gasteiger partial charge is 0.334 e. The third-order valence-electron chi connectivity index (χ3n) is 3.78. The molecule has 2 aromatic heterocycles. The minimum atomic E-state index is -0.279. The van der Waals surface area contributed by atoms with Gasteiger partial charge in [0.25, 0.3) is 0 Å².